The molecule has 16 heavy (non-hydrogen) atoms. The van der Waals surface area contributed by atoms with Crippen molar-refractivity contribution in [2.75, 3.05) is 7.05 Å². The van der Waals surface area contributed by atoms with Crippen LogP contribution in [0.15, 0.2) is 0 Å². The molecule has 0 aromatic carbocycles. The van der Waals surface area contributed by atoms with E-state index in [2.05, 4.69) is 0 Å². The van der Waals surface area contributed by atoms with Crippen LogP contribution in [-0.2, 0) is 9.59 Å². The van der Waals surface area contributed by atoms with Gasteiger partial charge in [-0.25, -0.2) is 4.79 Å². The molecular formula is C12H21NO3. The minimum absolute atomic E-state index is 0.00130. The smallest absolute Gasteiger partial charge is 0.326 e. The van der Waals surface area contributed by atoms with Crippen molar-refractivity contribution in [2.45, 2.75) is 45.6 Å². The number of nitrogens with zero attached hydrogens (tertiary/aromatic N) is 1. The fraction of sp³-hybridized carbons (Fsp3) is 0.833. The number of hydrogen-bond acceptors (Lipinski definition) is 2. The molecule has 0 saturated heterocycles. The lowest BCUT2D eigenvalue weighted by Gasteiger charge is -2.29. The van der Waals surface area contributed by atoms with Gasteiger partial charge in [0.2, 0.25) is 5.91 Å². The van der Waals surface area contributed by atoms with Crippen LogP contribution in [-0.4, -0.2) is 35.0 Å². The van der Waals surface area contributed by atoms with Crippen LogP contribution < -0.4 is 0 Å². The lowest BCUT2D eigenvalue weighted by Crippen LogP contribution is -2.47. The van der Waals surface area contributed by atoms with E-state index < -0.39 is 12.0 Å². The molecule has 0 spiro atoms. The van der Waals surface area contributed by atoms with Crippen LogP contribution in [0.4, 0.5) is 0 Å². The van der Waals surface area contributed by atoms with Crippen molar-refractivity contribution < 1.29 is 14.7 Å². The summed E-state index contributed by atoms with van der Waals surface area (Å²) in [5.74, 6) is -0.930. The highest BCUT2D eigenvalue weighted by Gasteiger charge is 2.33. The summed E-state index contributed by atoms with van der Waals surface area (Å²) in [6.45, 7) is 3.66. The Bertz CT molecular complexity index is 269. The maximum atomic E-state index is 12.1. The zero-order chi connectivity index (χ0) is 12.3. The van der Waals surface area contributed by atoms with Crippen LogP contribution in [0.5, 0.6) is 0 Å². The molecule has 1 saturated carbocycles. The highest BCUT2D eigenvalue weighted by molar-refractivity contribution is 5.85. The molecule has 0 aromatic rings. The third-order valence-corrected chi connectivity index (χ3v) is 3.35. The molecule has 92 valence electrons. The summed E-state index contributed by atoms with van der Waals surface area (Å²) in [7, 11) is 1.61. The number of aliphatic carboxylic acids is 1. The van der Waals surface area contributed by atoms with Gasteiger partial charge in [0.1, 0.15) is 6.04 Å². The van der Waals surface area contributed by atoms with E-state index >= 15 is 0 Å². The molecule has 0 radical (unpaired) electrons. The van der Waals surface area contributed by atoms with E-state index in [9.17, 15) is 9.59 Å². The first-order chi connectivity index (χ1) is 7.45. The highest BCUT2D eigenvalue weighted by atomic mass is 16.4. The number of hydrogen-bond donors (Lipinski definition) is 1. The van der Waals surface area contributed by atoms with E-state index in [-0.39, 0.29) is 17.7 Å². The number of carboxylic acid groups (broad SMARTS) is 1. The standard InChI is InChI=1S/C12H21NO3/c1-8(2)10(12(15)16)13(3)11(14)9-6-4-5-7-9/h8-10H,4-7H2,1-3H3,(H,15,16). The summed E-state index contributed by atoms with van der Waals surface area (Å²) in [6, 6.07) is -0.701. The van der Waals surface area contributed by atoms with Crippen molar-refractivity contribution in [1.29, 1.82) is 0 Å². The maximum Gasteiger partial charge on any atom is 0.326 e. The van der Waals surface area contributed by atoms with Crippen LogP contribution in [0.25, 0.3) is 0 Å². The summed E-state index contributed by atoms with van der Waals surface area (Å²) < 4.78 is 0. The zero-order valence-corrected chi connectivity index (χ0v) is 10.3. The van der Waals surface area contributed by atoms with Crippen LogP contribution >= 0.6 is 0 Å². The van der Waals surface area contributed by atoms with Gasteiger partial charge in [0, 0.05) is 13.0 Å². The molecule has 1 aliphatic carbocycles. The van der Waals surface area contributed by atoms with Crippen LogP contribution in [0.1, 0.15) is 39.5 Å². The van der Waals surface area contributed by atoms with Gasteiger partial charge in [-0.05, 0) is 18.8 Å². The first kappa shape index (κ1) is 13.0. The topological polar surface area (TPSA) is 57.6 Å². The van der Waals surface area contributed by atoms with Crippen molar-refractivity contribution in [3.05, 3.63) is 0 Å². The fourth-order valence-electron chi connectivity index (χ4n) is 2.50. The molecule has 1 fully saturated rings. The van der Waals surface area contributed by atoms with Gasteiger partial charge >= 0.3 is 5.97 Å². The number of rotatable bonds is 4. The van der Waals surface area contributed by atoms with E-state index in [1.165, 1.54) is 4.90 Å². The van der Waals surface area contributed by atoms with Gasteiger partial charge in [0.05, 0.1) is 0 Å². The quantitative estimate of drug-likeness (QED) is 0.796. The van der Waals surface area contributed by atoms with E-state index in [0.29, 0.717) is 0 Å². The van der Waals surface area contributed by atoms with Crippen molar-refractivity contribution in [1.82, 2.24) is 4.90 Å². The molecular weight excluding hydrogens is 206 g/mol. The summed E-state index contributed by atoms with van der Waals surface area (Å²) in [5.41, 5.74) is 0. The van der Waals surface area contributed by atoms with E-state index in [1.807, 2.05) is 13.8 Å². The molecule has 0 aromatic heterocycles. The normalized spacial score (nSPS) is 18.8. The Morgan fingerprint density at radius 2 is 1.75 bits per heavy atom. The van der Waals surface area contributed by atoms with Gasteiger partial charge in [-0.2, -0.15) is 0 Å². The Labute approximate surface area is 96.6 Å². The number of likely N-dealkylation sites (N-methyl/N-ethyl adjacent to an activating group) is 1. The van der Waals surface area contributed by atoms with E-state index in [1.54, 1.807) is 7.05 Å². The molecule has 4 heteroatoms. The molecule has 1 amide bonds. The van der Waals surface area contributed by atoms with Crippen LogP contribution in [0.2, 0.25) is 0 Å². The molecule has 0 aliphatic heterocycles. The molecule has 1 rings (SSSR count). The number of carboxylic acids is 1. The van der Waals surface area contributed by atoms with E-state index in [0.717, 1.165) is 25.7 Å². The van der Waals surface area contributed by atoms with E-state index in [4.69, 9.17) is 5.11 Å². The number of carbonyl (C=O) groups is 2. The van der Waals surface area contributed by atoms with Crippen molar-refractivity contribution >= 4 is 11.9 Å². The highest BCUT2D eigenvalue weighted by Crippen LogP contribution is 2.27. The lowest BCUT2D eigenvalue weighted by molar-refractivity contribution is -0.152. The third-order valence-electron chi connectivity index (χ3n) is 3.35. The molecule has 0 heterocycles. The predicted molar refractivity (Wildman–Crippen MR) is 61.0 cm³/mol. The Morgan fingerprint density at radius 3 is 2.12 bits per heavy atom. The average Bonchev–Trinajstić information content (AvgIpc) is 2.67. The van der Waals surface area contributed by atoms with Crippen molar-refractivity contribution in [3.63, 3.8) is 0 Å². The third kappa shape index (κ3) is 2.74. The Balaban J connectivity index is 2.69. The van der Waals surface area contributed by atoms with Crippen LogP contribution in [0, 0.1) is 11.8 Å². The Kier molecular flexibility index (Phi) is 4.33. The molecule has 1 N–H and O–H groups in total. The first-order valence-electron chi connectivity index (χ1n) is 5.94. The molecule has 0 bridgehead atoms. The molecule has 1 unspecified atom stereocenters. The van der Waals surface area contributed by atoms with Gasteiger partial charge in [-0.3, -0.25) is 4.79 Å². The monoisotopic (exact) mass is 227 g/mol. The second-order valence-corrected chi connectivity index (χ2v) is 4.96. The van der Waals surface area contributed by atoms with Gasteiger partial charge in [0.15, 0.2) is 0 Å². The number of carbonyl (C=O) groups excluding carboxylic acids is 1. The second kappa shape index (κ2) is 5.32. The summed E-state index contributed by atoms with van der Waals surface area (Å²) in [6.07, 6.45) is 3.99. The lowest BCUT2D eigenvalue weighted by atomic mass is 10.00. The number of amides is 1. The van der Waals surface area contributed by atoms with Gasteiger partial charge in [-0.15, -0.1) is 0 Å². The minimum Gasteiger partial charge on any atom is -0.480 e. The van der Waals surface area contributed by atoms with Gasteiger partial charge in [-0.1, -0.05) is 26.7 Å². The fourth-order valence-corrected chi connectivity index (χ4v) is 2.50. The summed E-state index contributed by atoms with van der Waals surface area (Å²) in [5, 5.41) is 9.11. The molecule has 1 aliphatic rings. The van der Waals surface area contributed by atoms with Crippen molar-refractivity contribution in [2.24, 2.45) is 11.8 Å². The summed E-state index contributed by atoms with van der Waals surface area (Å²) >= 11 is 0. The van der Waals surface area contributed by atoms with Crippen LogP contribution in [0.3, 0.4) is 0 Å². The average molecular weight is 227 g/mol. The SMILES string of the molecule is CC(C)C(C(=O)O)N(C)C(=O)C1CCCC1. The largest absolute Gasteiger partial charge is 0.480 e. The Hall–Kier alpha value is -1.06. The van der Waals surface area contributed by atoms with Gasteiger partial charge in [0.25, 0.3) is 0 Å². The van der Waals surface area contributed by atoms with Crippen molar-refractivity contribution in [3.8, 4) is 0 Å². The predicted octanol–water partition coefficient (Wildman–Crippen LogP) is 1.74. The second-order valence-electron chi connectivity index (χ2n) is 4.96. The maximum absolute atomic E-state index is 12.1. The van der Waals surface area contributed by atoms with Gasteiger partial charge < -0.3 is 10.0 Å². The molecule has 4 nitrogen and oxygen atoms in total. The minimum atomic E-state index is -0.913. The summed E-state index contributed by atoms with van der Waals surface area (Å²) in [4.78, 5) is 24.6. The zero-order valence-electron chi connectivity index (χ0n) is 10.3. The first-order valence-corrected chi connectivity index (χ1v) is 5.94. The Morgan fingerprint density at radius 1 is 1.25 bits per heavy atom. The molecule has 1 atom stereocenters.